The lowest BCUT2D eigenvalue weighted by Crippen LogP contribution is -2.37. The maximum absolute atomic E-state index is 12.6. The van der Waals surface area contributed by atoms with Gasteiger partial charge in [-0.25, -0.2) is 9.97 Å². The molecule has 0 saturated carbocycles. The number of furan rings is 1. The first-order chi connectivity index (χ1) is 12.3. The molecule has 1 saturated heterocycles. The molecule has 0 radical (unpaired) electrons. The Labute approximate surface area is 145 Å². The summed E-state index contributed by atoms with van der Waals surface area (Å²) in [4.78, 5) is 22.5. The molecule has 3 aromatic rings. The molecule has 4 rings (SSSR count). The minimum absolute atomic E-state index is 0.141. The largest absolute Gasteiger partial charge is 0.464 e. The minimum Gasteiger partial charge on any atom is -0.464 e. The molecule has 1 atom stereocenters. The number of hydrogen-bond donors (Lipinski definition) is 0. The molecular formula is C19H19N3O3. The molecule has 25 heavy (non-hydrogen) atoms. The van der Waals surface area contributed by atoms with Gasteiger partial charge in [-0.3, -0.25) is 4.79 Å². The van der Waals surface area contributed by atoms with Gasteiger partial charge in [0.25, 0.3) is 5.91 Å². The number of rotatable bonds is 3. The fourth-order valence-electron chi connectivity index (χ4n) is 3.20. The van der Waals surface area contributed by atoms with E-state index in [1.807, 2.05) is 6.07 Å². The van der Waals surface area contributed by atoms with Gasteiger partial charge in [0.15, 0.2) is 0 Å². The van der Waals surface area contributed by atoms with Crippen LogP contribution >= 0.6 is 0 Å². The van der Waals surface area contributed by atoms with Crippen molar-refractivity contribution in [3.8, 4) is 0 Å². The summed E-state index contributed by atoms with van der Waals surface area (Å²) in [6.07, 6.45) is 5.70. The Bertz CT molecular complexity index is 862. The Hall–Kier alpha value is -2.73. The first kappa shape index (κ1) is 15.8. The average molecular weight is 337 g/mol. The minimum atomic E-state index is -0.141. The highest BCUT2D eigenvalue weighted by molar-refractivity contribution is 5.90. The zero-order valence-corrected chi connectivity index (χ0v) is 13.8. The molecule has 3 heterocycles. The van der Waals surface area contributed by atoms with Gasteiger partial charge in [-0.15, -0.1) is 0 Å². The van der Waals surface area contributed by atoms with Crippen LogP contribution < -0.4 is 0 Å². The van der Waals surface area contributed by atoms with Crippen LogP contribution in [0.1, 0.15) is 16.2 Å². The molecule has 128 valence electrons. The van der Waals surface area contributed by atoms with E-state index in [9.17, 15) is 4.79 Å². The van der Waals surface area contributed by atoms with Crippen molar-refractivity contribution in [1.29, 1.82) is 0 Å². The molecule has 1 amide bonds. The molecule has 0 unspecified atom stereocenters. The highest BCUT2D eigenvalue weighted by Gasteiger charge is 2.25. The Kier molecular flexibility index (Phi) is 4.43. The first-order valence-corrected chi connectivity index (χ1v) is 8.40. The van der Waals surface area contributed by atoms with Crippen molar-refractivity contribution in [3.05, 3.63) is 60.4 Å². The van der Waals surface area contributed by atoms with Crippen LogP contribution in [0.2, 0.25) is 0 Å². The second-order valence-electron chi connectivity index (χ2n) is 6.26. The van der Waals surface area contributed by atoms with Crippen molar-refractivity contribution in [3.63, 3.8) is 0 Å². The summed E-state index contributed by atoms with van der Waals surface area (Å²) in [6, 6.07) is 9.89. The summed E-state index contributed by atoms with van der Waals surface area (Å²) in [5.41, 5.74) is 2.07. The van der Waals surface area contributed by atoms with Crippen molar-refractivity contribution < 1.29 is 13.9 Å². The molecule has 1 aromatic carbocycles. The van der Waals surface area contributed by atoms with E-state index in [1.54, 1.807) is 29.6 Å². The van der Waals surface area contributed by atoms with Gasteiger partial charge in [-0.2, -0.15) is 0 Å². The van der Waals surface area contributed by atoms with E-state index in [0.29, 0.717) is 26.3 Å². The van der Waals surface area contributed by atoms with Crippen LogP contribution in [0.4, 0.5) is 0 Å². The zero-order chi connectivity index (χ0) is 17.1. The van der Waals surface area contributed by atoms with Crippen molar-refractivity contribution >= 4 is 16.9 Å². The number of fused-ring (bicyclic) bond motifs is 1. The number of nitrogens with zero attached hydrogens (tertiary/aromatic N) is 3. The van der Waals surface area contributed by atoms with E-state index in [0.717, 1.165) is 17.4 Å². The summed E-state index contributed by atoms with van der Waals surface area (Å²) >= 11 is 0. The van der Waals surface area contributed by atoms with Gasteiger partial charge in [0.1, 0.15) is 5.58 Å². The summed E-state index contributed by atoms with van der Waals surface area (Å²) < 4.78 is 11.2. The summed E-state index contributed by atoms with van der Waals surface area (Å²) in [5, 5.41) is 1.10. The van der Waals surface area contributed by atoms with Gasteiger partial charge >= 0.3 is 0 Å². The molecule has 0 bridgehead atoms. The van der Waals surface area contributed by atoms with Gasteiger partial charge < -0.3 is 14.1 Å². The Morgan fingerprint density at radius 2 is 2.12 bits per heavy atom. The highest BCUT2D eigenvalue weighted by Crippen LogP contribution is 2.20. The average Bonchev–Trinajstić information content (AvgIpc) is 2.99. The smallest absolute Gasteiger partial charge is 0.291 e. The monoisotopic (exact) mass is 337 g/mol. The van der Waals surface area contributed by atoms with Crippen LogP contribution in [0.15, 0.2) is 53.4 Å². The fraction of sp³-hybridized carbons (Fsp3) is 0.316. The van der Waals surface area contributed by atoms with Crippen molar-refractivity contribution in [2.45, 2.75) is 6.42 Å². The standard InChI is InChI=1S/C19H19N3O3/c23-19(18-20-5-1-6-21-18)22-7-9-24-13-15(12-22)10-14-2-3-16-4-8-25-17(16)11-14/h1-6,8,11,15H,7,9-10,12-13H2/t15-/m0/s1. The number of ether oxygens (including phenoxy) is 1. The lowest BCUT2D eigenvalue weighted by Gasteiger charge is -2.23. The SMILES string of the molecule is O=C(c1ncccn1)N1CCOC[C@@H](Cc2ccc3ccoc3c2)C1. The number of carbonyl (C=O) groups is 1. The fourth-order valence-corrected chi connectivity index (χ4v) is 3.20. The van der Waals surface area contributed by atoms with Crippen molar-refractivity contribution in [1.82, 2.24) is 14.9 Å². The van der Waals surface area contributed by atoms with Crippen LogP contribution in [0, 0.1) is 5.92 Å². The molecule has 1 fully saturated rings. The third kappa shape index (κ3) is 3.53. The van der Waals surface area contributed by atoms with Crippen molar-refractivity contribution in [2.75, 3.05) is 26.3 Å². The van der Waals surface area contributed by atoms with E-state index in [-0.39, 0.29) is 17.6 Å². The maximum Gasteiger partial charge on any atom is 0.291 e. The molecule has 0 N–H and O–H groups in total. The Morgan fingerprint density at radius 3 is 3.00 bits per heavy atom. The third-order valence-corrected chi connectivity index (χ3v) is 4.43. The summed E-state index contributed by atoms with van der Waals surface area (Å²) in [6.45, 7) is 2.36. The highest BCUT2D eigenvalue weighted by atomic mass is 16.5. The van der Waals surface area contributed by atoms with E-state index >= 15 is 0 Å². The molecule has 2 aromatic heterocycles. The summed E-state index contributed by atoms with van der Waals surface area (Å²) in [5.74, 6) is 0.320. The van der Waals surface area contributed by atoms with Gasteiger partial charge in [0.05, 0.1) is 19.5 Å². The van der Waals surface area contributed by atoms with Crippen LogP contribution in [-0.2, 0) is 11.2 Å². The number of aromatic nitrogens is 2. The van der Waals surface area contributed by atoms with Crippen LogP contribution in [-0.4, -0.2) is 47.1 Å². The third-order valence-electron chi connectivity index (χ3n) is 4.43. The molecular weight excluding hydrogens is 318 g/mol. The number of hydrogen-bond acceptors (Lipinski definition) is 5. The topological polar surface area (TPSA) is 68.5 Å². The maximum atomic E-state index is 12.6. The van der Waals surface area contributed by atoms with Crippen molar-refractivity contribution in [2.24, 2.45) is 5.92 Å². The lowest BCUT2D eigenvalue weighted by atomic mass is 9.99. The van der Waals surface area contributed by atoms with Crippen LogP contribution in [0.25, 0.3) is 11.0 Å². The molecule has 1 aliphatic heterocycles. The number of benzene rings is 1. The molecule has 0 spiro atoms. The first-order valence-electron chi connectivity index (χ1n) is 8.40. The molecule has 6 nitrogen and oxygen atoms in total. The number of carbonyl (C=O) groups excluding carboxylic acids is 1. The normalized spacial score (nSPS) is 18.2. The van der Waals surface area contributed by atoms with E-state index in [4.69, 9.17) is 9.15 Å². The van der Waals surface area contributed by atoms with Gasteiger partial charge in [0, 0.05) is 36.8 Å². The van der Waals surface area contributed by atoms with E-state index in [1.165, 1.54) is 5.56 Å². The van der Waals surface area contributed by atoms with E-state index < -0.39 is 0 Å². The van der Waals surface area contributed by atoms with Crippen LogP contribution in [0.3, 0.4) is 0 Å². The quantitative estimate of drug-likeness (QED) is 0.735. The molecule has 1 aliphatic rings. The second-order valence-corrected chi connectivity index (χ2v) is 6.26. The lowest BCUT2D eigenvalue weighted by molar-refractivity contribution is 0.0725. The predicted octanol–water partition coefficient (Wildman–Crippen LogP) is 2.55. The number of amides is 1. The molecule has 6 heteroatoms. The van der Waals surface area contributed by atoms with Gasteiger partial charge in [-0.05, 0) is 30.2 Å². The Balaban J connectivity index is 1.48. The van der Waals surface area contributed by atoms with Crippen LogP contribution in [0.5, 0.6) is 0 Å². The zero-order valence-electron chi connectivity index (χ0n) is 13.8. The molecule has 0 aliphatic carbocycles. The van der Waals surface area contributed by atoms with Gasteiger partial charge in [0.2, 0.25) is 5.82 Å². The predicted molar refractivity (Wildman–Crippen MR) is 92.2 cm³/mol. The van der Waals surface area contributed by atoms with Gasteiger partial charge in [-0.1, -0.05) is 12.1 Å². The Morgan fingerprint density at radius 1 is 1.24 bits per heavy atom. The second kappa shape index (κ2) is 7.03. The van der Waals surface area contributed by atoms with E-state index in [2.05, 4.69) is 28.2 Å². The summed E-state index contributed by atoms with van der Waals surface area (Å²) in [7, 11) is 0.